The van der Waals surface area contributed by atoms with Crippen LogP contribution >= 0.6 is 0 Å². The predicted octanol–water partition coefficient (Wildman–Crippen LogP) is 0.919. The first-order chi connectivity index (χ1) is 10.1. The normalized spacial score (nSPS) is 9.86. The molecule has 0 bridgehead atoms. The molecule has 2 N–H and O–H groups in total. The van der Waals surface area contributed by atoms with Crippen molar-refractivity contribution < 1.29 is 4.74 Å². The first kappa shape index (κ1) is 14.8. The van der Waals surface area contributed by atoms with E-state index >= 15 is 0 Å². The van der Waals surface area contributed by atoms with Gasteiger partial charge in [-0.15, -0.1) is 0 Å². The van der Waals surface area contributed by atoms with Crippen LogP contribution in [0.3, 0.4) is 0 Å². The van der Waals surface area contributed by atoms with E-state index in [1.165, 1.54) is 6.07 Å². The van der Waals surface area contributed by atoms with Gasteiger partial charge in [0.1, 0.15) is 5.75 Å². The molecule has 0 saturated carbocycles. The molecule has 0 unspecified atom stereocenters. The fourth-order valence-electron chi connectivity index (χ4n) is 1.93. The summed E-state index contributed by atoms with van der Waals surface area (Å²) in [5.74, 6) is 6.47. The van der Waals surface area contributed by atoms with Crippen molar-refractivity contribution in [2.45, 2.75) is 13.5 Å². The number of nitrogens with zero attached hydrogens (tertiary/aromatic N) is 2. The lowest BCUT2D eigenvalue weighted by atomic mass is 10.1. The number of benzene rings is 1. The molecule has 0 atom stereocenters. The molecule has 21 heavy (non-hydrogen) atoms. The molecule has 0 fully saturated rings. The van der Waals surface area contributed by atoms with E-state index in [1.807, 2.05) is 18.2 Å². The Hall–Kier alpha value is -2.58. The predicted molar refractivity (Wildman–Crippen MR) is 81.3 cm³/mol. The summed E-state index contributed by atoms with van der Waals surface area (Å²) in [6.45, 7) is 2.52. The second kappa shape index (κ2) is 6.73. The second-order valence-electron chi connectivity index (χ2n) is 4.54. The number of hydrogen-bond acceptors (Lipinski definition) is 4. The summed E-state index contributed by atoms with van der Waals surface area (Å²) in [4.78, 5) is 16.0. The van der Waals surface area contributed by atoms with E-state index < -0.39 is 0 Å². The van der Waals surface area contributed by atoms with Crippen LogP contribution in [0.2, 0.25) is 0 Å². The van der Waals surface area contributed by atoms with Crippen LogP contribution < -0.4 is 16.0 Å². The molecule has 1 aromatic carbocycles. The van der Waals surface area contributed by atoms with Crippen molar-refractivity contribution in [1.82, 2.24) is 9.55 Å². The zero-order valence-corrected chi connectivity index (χ0v) is 12.1. The molecule has 1 heterocycles. The van der Waals surface area contributed by atoms with Gasteiger partial charge in [-0.25, -0.2) is 4.98 Å². The summed E-state index contributed by atoms with van der Waals surface area (Å²) in [6.07, 6.45) is 1.55. The van der Waals surface area contributed by atoms with Crippen LogP contribution in [0.15, 0.2) is 35.4 Å². The standard InChI is InChI=1S/C16H17N3O2/c1-12-8-16(20)19(11-18-12)10-13-5-6-15(21-2)14(9-13)4-3-7-17/h5-6,8-9,11H,7,10,17H2,1-2H3. The monoisotopic (exact) mass is 283 g/mol. The highest BCUT2D eigenvalue weighted by atomic mass is 16.5. The number of rotatable bonds is 3. The third-order valence-electron chi connectivity index (χ3n) is 2.96. The maximum absolute atomic E-state index is 11.9. The third-order valence-corrected chi connectivity index (χ3v) is 2.96. The third kappa shape index (κ3) is 3.71. The molecule has 2 rings (SSSR count). The van der Waals surface area contributed by atoms with Gasteiger partial charge in [-0.05, 0) is 24.6 Å². The minimum atomic E-state index is -0.0760. The Bertz CT molecular complexity index is 754. The maximum atomic E-state index is 11.9. The molecule has 0 aliphatic heterocycles. The minimum absolute atomic E-state index is 0.0760. The van der Waals surface area contributed by atoms with Gasteiger partial charge in [0.05, 0.1) is 32.1 Å². The maximum Gasteiger partial charge on any atom is 0.253 e. The van der Waals surface area contributed by atoms with Crippen LogP contribution in [0, 0.1) is 18.8 Å². The Morgan fingerprint density at radius 3 is 2.86 bits per heavy atom. The number of ether oxygens (including phenoxy) is 1. The molecular weight excluding hydrogens is 266 g/mol. The van der Waals surface area contributed by atoms with E-state index in [0.29, 0.717) is 18.0 Å². The lowest BCUT2D eigenvalue weighted by Gasteiger charge is -2.08. The van der Waals surface area contributed by atoms with E-state index in [2.05, 4.69) is 16.8 Å². The summed E-state index contributed by atoms with van der Waals surface area (Å²) in [5, 5.41) is 0. The SMILES string of the molecule is COc1ccc(Cn2cnc(C)cc2=O)cc1C#CCN. The molecule has 5 nitrogen and oxygen atoms in total. The largest absolute Gasteiger partial charge is 0.495 e. The van der Waals surface area contributed by atoms with E-state index in [0.717, 1.165) is 11.1 Å². The van der Waals surface area contributed by atoms with Gasteiger partial charge in [0, 0.05) is 11.8 Å². The molecule has 108 valence electrons. The van der Waals surface area contributed by atoms with Gasteiger partial charge in [-0.2, -0.15) is 0 Å². The average Bonchev–Trinajstić information content (AvgIpc) is 2.48. The van der Waals surface area contributed by atoms with Crippen LogP contribution in [-0.4, -0.2) is 23.2 Å². The van der Waals surface area contributed by atoms with E-state index in [9.17, 15) is 4.79 Å². The molecule has 0 spiro atoms. The van der Waals surface area contributed by atoms with Crippen molar-refractivity contribution in [3.8, 4) is 17.6 Å². The van der Waals surface area contributed by atoms with Gasteiger partial charge < -0.3 is 10.5 Å². The van der Waals surface area contributed by atoms with Crippen LogP contribution in [-0.2, 0) is 6.54 Å². The van der Waals surface area contributed by atoms with E-state index in [-0.39, 0.29) is 12.1 Å². The van der Waals surface area contributed by atoms with Gasteiger partial charge in [0.25, 0.3) is 5.56 Å². The highest BCUT2D eigenvalue weighted by molar-refractivity contribution is 5.48. The van der Waals surface area contributed by atoms with E-state index in [1.54, 1.807) is 24.9 Å². The van der Waals surface area contributed by atoms with Crippen LogP contribution in [0.5, 0.6) is 5.75 Å². The smallest absolute Gasteiger partial charge is 0.253 e. The number of methoxy groups -OCH3 is 1. The van der Waals surface area contributed by atoms with Crippen molar-refractivity contribution in [3.63, 3.8) is 0 Å². The zero-order valence-electron chi connectivity index (χ0n) is 12.1. The van der Waals surface area contributed by atoms with Crippen LogP contribution in [0.4, 0.5) is 0 Å². The highest BCUT2D eigenvalue weighted by Crippen LogP contribution is 2.19. The summed E-state index contributed by atoms with van der Waals surface area (Å²) < 4.78 is 6.81. The average molecular weight is 283 g/mol. The molecule has 0 aliphatic carbocycles. The first-order valence-corrected chi connectivity index (χ1v) is 6.53. The van der Waals surface area contributed by atoms with Crippen LogP contribution in [0.25, 0.3) is 0 Å². The zero-order chi connectivity index (χ0) is 15.2. The molecular formula is C16H17N3O2. The van der Waals surface area contributed by atoms with Crippen LogP contribution in [0.1, 0.15) is 16.8 Å². The molecule has 0 amide bonds. The Kier molecular flexibility index (Phi) is 4.75. The molecule has 0 aliphatic rings. The summed E-state index contributed by atoms with van der Waals surface area (Å²) in [5.41, 5.74) is 7.74. The van der Waals surface area contributed by atoms with Gasteiger partial charge in [0.2, 0.25) is 0 Å². The van der Waals surface area contributed by atoms with Crippen molar-refractivity contribution >= 4 is 0 Å². The molecule has 2 aromatic rings. The Morgan fingerprint density at radius 1 is 1.38 bits per heavy atom. The fraction of sp³-hybridized carbons (Fsp3) is 0.250. The number of nitrogens with two attached hydrogens (primary N) is 1. The minimum Gasteiger partial charge on any atom is -0.495 e. The Labute approximate surface area is 123 Å². The highest BCUT2D eigenvalue weighted by Gasteiger charge is 2.04. The van der Waals surface area contributed by atoms with E-state index in [4.69, 9.17) is 10.5 Å². The van der Waals surface area contributed by atoms with Crippen molar-refractivity contribution in [1.29, 1.82) is 0 Å². The summed E-state index contributed by atoms with van der Waals surface area (Å²) in [7, 11) is 1.59. The van der Waals surface area contributed by atoms with Gasteiger partial charge in [0.15, 0.2) is 0 Å². The van der Waals surface area contributed by atoms with Gasteiger partial charge in [-0.1, -0.05) is 17.9 Å². The Balaban J connectivity index is 2.34. The summed E-state index contributed by atoms with van der Waals surface area (Å²) in [6, 6.07) is 7.15. The lowest BCUT2D eigenvalue weighted by molar-refractivity contribution is 0.413. The quantitative estimate of drug-likeness (QED) is 0.850. The number of hydrogen-bond donors (Lipinski definition) is 1. The Morgan fingerprint density at radius 2 is 2.19 bits per heavy atom. The fourth-order valence-corrected chi connectivity index (χ4v) is 1.93. The lowest BCUT2D eigenvalue weighted by Crippen LogP contribution is -2.20. The second-order valence-corrected chi connectivity index (χ2v) is 4.54. The summed E-state index contributed by atoms with van der Waals surface area (Å²) >= 11 is 0. The van der Waals surface area contributed by atoms with Gasteiger partial charge >= 0.3 is 0 Å². The number of aryl methyl sites for hydroxylation is 1. The van der Waals surface area contributed by atoms with Gasteiger partial charge in [-0.3, -0.25) is 9.36 Å². The molecule has 0 saturated heterocycles. The molecule has 5 heteroatoms. The topological polar surface area (TPSA) is 70.1 Å². The van der Waals surface area contributed by atoms with Crippen molar-refractivity contribution in [2.24, 2.45) is 5.73 Å². The molecule has 0 radical (unpaired) electrons. The first-order valence-electron chi connectivity index (χ1n) is 6.53. The van der Waals surface area contributed by atoms with Crippen molar-refractivity contribution in [3.05, 3.63) is 57.8 Å². The molecule has 1 aromatic heterocycles. The van der Waals surface area contributed by atoms with Crippen molar-refractivity contribution in [2.75, 3.05) is 13.7 Å². The number of aromatic nitrogens is 2.